The van der Waals surface area contributed by atoms with Gasteiger partial charge >= 0.3 is 0 Å². The molecule has 1 aliphatic carbocycles. The van der Waals surface area contributed by atoms with Gasteiger partial charge in [-0.15, -0.1) is 0 Å². The summed E-state index contributed by atoms with van der Waals surface area (Å²) in [5.74, 6) is 0.943. The molecule has 0 atom stereocenters. The van der Waals surface area contributed by atoms with Gasteiger partial charge in [0, 0.05) is 38.8 Å². The first kappa shape index (κ1) is 38.7. The maximum absolute atomic E-state index is 4.92. The topological polar surface area (TPSA) is 33.6 Å². The summed E-state index contributed by atoms with van der Waals surface area (Å²) in [6, 6.07) is 49.8. The van der Waals surface area contributed by atoms with Gasteiger partial charge in [0.15, 0.2) is 0 Å². The van der Waals surface area contributed by atoms with Gasteiger partial charge in [-0.25, -0.2) is 4.98 Å². The molecule has 10 aromatic rings. The molecular formula is C59H49N3. The maximum atomic E-state index is 4.92. The summed E-state index contributed by atoms with van der Waals surface area (Å²) in [6.07, 6.45) is 14.0. The normalized spacial score (nSPS) is 12.5. The van der Waals surface area contributed by atoms with Gasteiger partial charge in [-0.2, -0.15) is 0 Å². The summed E-state index contributed by atoms with van der Waals surface area (Å²) in [6.45, 7) is 15.8. The van der Waals surface area contributed by atoms with Crippen molar-refractivity contribution in [1.82, 2.24) is 14.5 Å². The van der Waals surface area contributed by atoms with Gasteiger partial charge in [-0.1, -0.05) is 110 Å². The van der Waals surface area contributed by atoms with Crippen molar-refractivity contribution < 1.29 is 0 Å². The number of fused-ring (bicyclic) bond motifs is 10. The van der Waals surface area contributed by atoms with Crippen LogP contribution in [-0.2, 0) is 12.8 Å². The van der Waals surface area contributed by atoms with Gasteiger partial charge in [0.2, 0.25) is 0 Å². The average molecular weight is 800 g/mol. The van der Waals surface area contributed by atoms with Gasteiger partial charge in [0.1, 0.15) is 5.82 Å². The predicted octanol–water partition coefficient (Wildman–Crippen LogP) is 16.2. The number of aromatic amines is 1. The molecule has 0 amide bonds. The summed E-state index contributed by atoms with van der Waals surface area (Å²) in [5, 5.41) is 7.57. The van der Waals surface area contributed by atoms with Crippen molar-refractivity contribution in [2.24, 2.45) is 0 Å². The molecule has 3 aromatic heterocycles. The van der Waals surface area contributed by atoms with Crippen LogP contribution in [0.1, 0.15) is 48.6 Å². The molecule has 0 fully saturated rings. The third kappa shape index (κ3) is 6.76. The first-order chi connectivity index (χ1) is 30.3. The molecule has 3 nitrogen and oxygen atoms in total. The molecule has 11 rings (SSSR count). The average Bonchev–Trinajstić information content (AvgIpc) is 3.83. The van der Waals surface area contributed by atoms with E-state index in [9.17, 15) is 0 Å². The fourth-order valence-electron chi connectivity index (χ4n) is 9.29. The second kappa shape index (κ2) is 15.8. The fraction of sp³-hybridized carbons (Fsp3) is 0.102. The van der Waals surface area contributed by atoms with Crippen LogP contribution < -0.4 is 0 Å². The number of hydrogen-bond donors (Lipinski definition) is 1. The molecule has 7 aromatic carbocycles. The van der Waals surface area contributed by atoms with E-state index < -0.39 is 0 Å². The van der Waals surface area contributed by atoms with Crippen LogP contribution in [-0.4, -0.2) is 14.5 Å². The Morgan fingerprint density at radius 1 is 0.613 bits per heavy atom. The number of nitrogens with one attached hydrogen (secondary N) is 1. The minimum atomic E-state index is 0.943. The van der Waals surface area contributed by atoms with Gasteiger partial charge in [-0.3, -0.25) is 4.57 Å². The van der Waals surface area contributed by atoms with E-state index in [1.54, 1.807) is 0 Å². The van der Waals surface area contributed by atoms with Gasteiger partial charge in [0.25, 0.3) is 0 Å². The van der Waals surface area contributed by atoms with Gasteiger partial charge in [0.05, 0.1) is 11.0 Å². The van der Waals surface area contributed by atoms with Crippen LogP contribution in [0.25, 0.3) is 106 Å². The zero-order chi connectivity index (χ0) is 42.5. The monoisotopic (exact) mass is 799 g/mol. The lowest BCUT2D eigenvalue weighted by atomic mass is 9.84. The lowest BCUT2D eigenvalue weighted by Gasteiger charge is -2.21. The summed E-state index contributed by atoms with van der Waals surface area (Å²) in [7, 11) is 0. The molecule has 1 N–H and O–H groups in total. The molecule has 3 heterocycles. The Kier molecular flexibility index (Phi) is 9.89. The zero-order valence-electron chi connectivity index (χ0n) is 35.9. The highest BCUT2D eigenvalue weighted by atomic mass is 15.1. The van der Waals surface area contributed by atoms with Gasteiger partial charge in [-0.05, 0) is 185 Å². The summed E-state index contributed by atoms with van der Waals surface area (Å²) in [5.41, 5.74) is 19.7. The zero-order valence-corrected chi connectivity index (χ0v) is 35.9. The summed E-state index contributed by atoms with van der Waals surface area (Å²) >= 11 is 0. The van der Waals surface area contributed by atoms with E-state index in [4.69, 9.17) is 4.98 Å². The SMILES string of the molecule is C=C/C(C)=C\C.C=Cc1ccc(-c2ccc3[nH]c4cc5c(cc4c3c2)CCc2cc3c4cc(-c6ccc7ccccc7c6)ccc4n(-c4cc(C)ccn4)c3cc2-5)cc1/C=C\C. The van der Waals surface area contributed by atoms with Crippen LogP contribution in [0.3, 0.4) is 0 Å². The first-order valence-electron chi connectivity index (χ1n) is 21.6. The van der Waals surface area contributed by atoms with Crippen LogP contribution >= 0.6 is 0 Å². The Morgan fingerprint density at radius 3 is 2.02 bits per heavy atom. The van der Waals surface area contributed by atoms with E-state index in [1.165, 1.54) is 110 Å². The largest absolute Gasteiger partial charge is 0.354 e. The Labute approximate surface area is 363 Å². The van der Waals surface area contributed by atoms with E-state index in [-0.39, 0.29) is 0 Å². The molecule has 3 heteroatoms. The summed E-state index contributed by atoms with van der Waals surface area (Å²) in [4.78, 5) is 8.70. The molecule has 1 aliphatic rings. The predicted molar refractivity (Wildman–Crippen MR) is 268 cm³/mol. The molecule has 0 aliphatic heterocycles. The lowest BCUT2D eigenvalue weighted by molar-refractivity contribution is 0.946. The number of H-pyrrole nitrogens is 1. The van der Waals surface area contributed by atoms with Gasteiger partial charge < -0.3 is 4.98 Å². The molecule has 0 spiro atoms. The highest BCUT2D eigenvalue weighted by Crippen LogP contribution is 2.44. The van der Waals surface area contributed by atoms with E-state index in [1.807, 2.05) is 38.3 Å². The highest BCUT2D eigenvalue weighted by molar-refractivity contribution is 6.13. The minimum Gasteiger partial charge on any atom is -0.354 e. The Balaban J connectivity index is 0.000000716. The van der Waals surface area contributed by atoms with E-state index in [2.05, 4.69) is 182 Å². The number of rotatable bonds is 6. The van der Waals surface area contributed by atoms with E-state index >= 15 is 0 Å². The maximum Gasteiger partial charge on any atom is 0.137 e. The molecular weight excluding hydrogens is 751 g/mol. The summed E-state index contributed by atoms with van der Waals surface area (Å²) < 4.78 is 2.36. The third-order valence-corrected chi connectivity index (χ3v) is 12.7. The Hall–Kier alpha value is -7.49. The van der Waals surface area contributed by atoms with Crippen molar-refractivity contribution in [3.05, 3.63) is 204 Å². The molecule has 0 radical (unpaired) electrons. The number of aryl methyl sites for hydroxylation is 3. The van der Waals surface area contributed by atoms with Crippen LogP contribution in [0, 0.1) is 6.92 Å². The van der Waals surface area contributed by atoms with Crippen molar-refractivity contribution in [3.63, 3.8) is 0 Å². The van der Waals surface area contributed by atoms with Crippen LogP contribution in [0.2, 0.25) is 0 Å². The van der Waals surface area contributed by atoms with Crippen molar-refractivity contribution in [2.45, 2.75) is 40.5 Å². The number of hydrogen-bond acceptors (Lipinski definition) is 1. The van der Waals surface area contributed by atoms with Crippen molar-refractivity contribution >= 4 is 66.5 Å². The molecule has 300 valence electrons. The quantitative estimate of drug-likeness (QED) is 0.167. The second-order valence-corrected chi connectivity index (χ2v) is 16.6. The van der Waals surface area contributed by atoms with Crippen LogP contribution in [0.4, 0.5) is 0 Å². The smallest absolute Gasteiger partial charge is 0.137 e. The fourth-order valence-corrected chi connectivity index (χ4v) is 9.29. The van der Waals surface area contributed by atoms with Crippen molar-refractivity contribution in [1.29, 1.82) is 0 Å². The van der Waals surface area contributed by atoms with Crippen LogP contribution in [0.5, 0.6) is 0 Å². The molecule has 62 heavy (non-hydrogen) atoms. The Bertz CT molecular complexity index is 3490. The molecule has 0 bridgehead atoms. The van der Waals surface area contributed by atoms with Crippen LogP contribution in [0.15, 0.2) is 177 Å². The standard InChI is InChI=1S/C53H39N3.C6H10/c1-4-8-35-24-37(13-11-33(35)5-2)39-17-19-49-45(26-39)46-28-41-15-16-42-29-48-47-27-40(38-14-12-34-9-6-7-10-36(34)25-38)18-20-51(47)56(53-23-32(3)21-22-54-53)52(48)31-44(42)43(41)30-50(46)55-49;1-4-6(3)5-2/h4-14,17-31,55H,2,15-16H2,1,3H3;4-5H,1H2,2-3H3/b8-4-;6-5-. The number of allylic oxidation sites excluding steroid dienone is 4. The number of pyridine rings is 1. The van der Waals surface area contributed by atoms with Crippen molar-refractivity contribution in [2.75, 3.05) is 0 Å². The van der Waals surface area contributed by atoms with E-state index in [0.29, 0.717) is 0 Å². The molecule has 0 saturated heterocycles. The van der Waals surface area contributed by atoms with E-state index in [0.717, 1.165) is 29.7 Å². The lowest BCUT2D eigenvalue weighted by Crippen LogP contribution is -2.05. The number of aromatic nitrogens is 3. The number of nitrogens with zero attached hydrogens (tertiary/aromatic N) is 2. The molecule has 0 unspecified atom stereocenters. The first-order valence-corrected chi connectivity index (χ1v) is 21.6. The Morgan fingerprint density at radius 2 is 1.27 bits per heavy atom. The third-order valence-electron chi connectivity index (χ3n) is 12.7. The van der Waals surface area contributed by atoms with Crippen molar-refractivity contribution in [3.8, 4) is 39.2 Å². The number of benzene rings is 7. The second-order valence-electron chi connectivity index (χ2n) is 16.6. The molecule has 0 saturated carbocycles. The minimum absolute atomic E-state index is 0.943. The highest BCUT2D eigenvalue weighted by Gasteiger charge is 2.23.